The zero-order chi connectivity index (χ0) is 21.4. The van der Waals surface area contributed by atoms with E-state index in [-0.39, 0.29) is 23.9 Å². The molecule has 1 aliphatic heterocycles. The highest BCUT2D eigenvalue weighted by molar-refractivity contribution is 5.80. The Morgan fingerprint density at radius 1 is 1.17 bits per heavy atom. The Morgan fingerprint density at radius 3 is 2.38 bits per heavy atom. The van der Waals surface area contributed by atoms with E-state index in [1.54, 1.807) is 7.11 Å². The molecule has 1 aromatic carbocycles. The second kappa shape index (κ2) is 10.9. The average molecular weight is 406 g/mol. The maximum absolute atomic E-state index is 12.7. The van der Waals surface area contributed by atoms with Gasteiger partial charge in [0.1, 0.15) is 0 Å². The van der Waals surface area contributed by atoms with Crippen molar-refractivity contribution in [1.29, 1.82) is 0 Å². The number of nitrogens with zero attached hydrogens (tertiary/aromatic N) is 2. The van der Waals surface area contributed by atoms with Gasteiger partial charge in [0.05, 0.1) is 19.8 Å². The fraction of sp³-hybridized carbons (Fsp3) is 0.636. The van der Waals surface area contributed by atoms with Crippen molar-refractivity contribution in [2.75, 3.05) is 39.9 Å². The molecule has 2 rings (SSSR count). The Balaban J connectivity index is 1.91. The topological polar surface area (TPSA) is 71.1 Å². The van der Waals surface area contributed by atoms with Gasteiger partial charge in [-0.2, -0.15) is 0 Å². The van der Waals surface area contributed by atoms with Crippen LogP contribution >= 0.6 is 0 Å². The highest BCUT2D eigenvalue weighted by Gasteiger charge is 2.29. The molecule has 7 nitrogen and oxygen atoms in total. The summed E-state index contributed by atoms with van der Waals surface area (Å²) in [5, 5.41) is 3.11. The second-order valence-electron chi connectivity index (χ2n) is 7.29. The van der Waals surface area contributed by atoms with Gasteiger partial charge in [-0.3, -0.25) is 4.79 Å². The molecule has 1 aromatic rings. The Bertz CT molecular complexity index is 683. The molecule has 0 spiro atoms. The number of carbonyl (C=O) groups excluding carboxylic acids is 2. The van der Waals surface area contributed by atoms with E-state index in [1.807, 2.05) is 55.7 Å². The number of urea groups is 1. The zero-order valence-electron chi connectivity index (χ0n) is 18.4. The molecule has 1 saturated heterocycles. The van der Waals surface area contributed by atoms with Crippen LogP contribution < -0.4 is 14.8 Å². The fourth-order valence-corrected chi connectivity index (χ4v) is 3.67. The number of ether oxygens (including phenoxy) is 2. The molecule has 1 atom stereocenters. The maximum Gasteiger partial charge on any atom is 0.319 e. The summed E-state index contributed by atoms with van der Waals surface area (Å²) in [5.41, 5.74) is 0.966. The number of hydrogen-bond donors (Lipinski definition) is 1. The molecule has 1 aliphatic rings. The highest BCUT2D eigenvalue weighted by atomic mass is 16.5. The first-order valence-electron chi connectivity index (χ1n) is 10.6. The lowest BCUT2D eigenvalue weighted by molar-refractivity contribution is -0.127. The van der Waals surface area contributed by atoms with Gasteiger partial charge in [-0.25, -0.2) is 4.79 Å². The molecule has 29 heavy (non-hydrogen) atoms. The standard InChI is InChI=1S/C22H35N3O4/c1-6-24(7-2)22(27)25-13-11-17(12-14-25)21(26)23-16(4)18-9-10-19(29-8-3)20(15-18)28-5/h9-10,15-17H,6-8,11-14H2,1-5H3,(H,23,26). The maximum atomic E-state index is 12.7. The highest BCUT2D eigenvalue weighted by Crippen LogP contribution is 2.30. The number of likely N-dealkylation sites (tertiary alicyclic amines) is 1. The van der Waals surface area contributed by atoms with E-state index in [1.165, 1.54) is 0 Å². The smallest absolute Gasteiger partial charge is 0.319 e. The van der Waals surface area contributed by atoms with Crippen LogP contribution in [0, 0.1) is 5.92 Å². The molecule has 1 fully saturated rings. The zero-order valence-corrected chi connectivity index (χ0v) is 18.4. The van der Waals surface area contributed by atoms with E-state index >= 15 is 0 Å². The van der Waals surface area contributed by atoms with Crippen molar-refractivity contribution in [1.82, 2.24) is 15.1 Å². The minimum Gasteiger partial charge on any atom is -0.493 e. The summed E-state index contributed by atoms with van der Waals surface area (Å²) in [6, 6.07) is 5.66. The molecule has 3 amide bonds. The van der Waals surface area contributed by atoms with Gasteiger partial charge >= 0.3 is 6.03 Å². The van der Waals surface area contributed by atoms with Gasteiger partial charge in [0.2, 0.25) is 5.91 Å². The minimum atomic E-state index is -0.137. The van der Waals surface area contributed by atoms with Gasteiger partial charge in [0.15, 0.2) is 11.5 Å². The summed E-state index contributed by atoms with van der Waals surface area (Å²) in [5.74, 6) is 1.33. The minimum absolute atomic E-state index is 0.0419. The summed E-state index contributed by atoms with van der Waals surface area (Å²) in [6.07, 6.45) is 1.39. The molecule has 0 aromatic heterocycles. The number of piperidine rings is 1. The van der Waals surface area contributed by atoms with Crippen molar-refractivity contribution in [2.45, 2.75) is 46.6 Å². The molecule has 0 bridgehead atoms. The summed E-state index contributed by atoms with van der Waals surface area (Å²) in [6.45, 7) is 11.1. The van der Waals surface area contributed by atoms with E-state index in [4.69, 9.17) is 9.47 Å². The van der Waals surface area contributed by atoms with Crippen molar-refractivity contribution in [3.8, 4) is 11.5 Å². The van der Waals surface area contributed by atoms with E-state index in [0.717, 1.165) is 5.56 Å². The first-order chi connectivity index (χ1) is 13.9. The number of rotatable bonds is 8. The summed E-state index contributed by atoms with van der Waals surface area (Å²) < 4.78 is 11.0. The molecule has 1 N–H and O–H groups in total. The molecule has 0 saturated carbocycles. The van der Waals surface area contributed by atoms with Crippen molar-refractivity contribution in [3.05, 3.63) is 23.8 Å². The molecule has 0 aliphatic carbocycles. The number of hydrogen-bond acceptors (Lipinski definition) is 4. The quantitative estimate of drug-likeness (QED) is 0.719. The van der Waals surface area contributed by atoms with Crippen LogP contribution in [0.15, 0.2) is 18.2 Å². The predicted octanol–water partition coefficient (Wildman–Crippen LogP) is 3.44. The SMILES string of the molecule is CCOc1ccc(C(C)NC(=O)C2CCN(C(=O)N(CC)CC)CC2)cc1OC. The first-order valence-corrected chi connectivity index (χ1v) is 10.6. The number of carbonyl (C=O) groups is 2. The van der Waals surface area contributed by atoms with Crippen LogP contribution in [0.1, 0.15) is 52.1 Å². The lowest BCUT2D eigenvalue weighted by atomic mass is 9.95. The third-order valence-corrected chi connectivity index (χ3v) is 5.52. The molecule has 1 unspecified atom stereocenters. The Labute approximate surface area is 174 Å². The van der Waals surface area contributed by atoms with Crippen LogP contribution in [0.3, 0.4) is 0 Å². The van der Waals surface area contributed by atoms with Gasteiger partial charge in [0.25, 0.3) is 0 Å². The molecule has 162 valence electrons. The van der Waals surface area contributed by atoms with Crippen LogP contribution in [-0.2, 0) is 4.79 Å². The van der Waals surface area contributed by atoms with Crippen LogP contribution in [0.25, 0.3) is 0 Å². The lowest BCUT2D eigenvalue weighted by Gasteiger charge is -2.35. The third-order valence-electron chi connectivity index (χ3n) is 5.52. The Morgan fingerprint density at radius 2 is 1.83 bits per heavy atom. The van der Waals surface area contributed by atoms with E-state index in [2.05, 4.69) is 5.32 Å². The molecule has 7 heteroatoms. The van der Waals surface area contributed by atoms with Crippen LogP contribution in [-0.4, -0.2) is 61.6 Å². The van der Waals surface area contributed by atoms with E-state index in [9.17, 15) is 9.59 Å². The number of nitrogens with one attached hydrogen (secondary N) is 1. The Hall–Kier alpha value is -2.44. The van der Waals surface area contributed by atoms with Gasteiger partial charge < -0.3 is 24.6 Å². The number of methoxy groups -OCH3 is 1. The van der Waals surface area contributed by atoms with Crippen LogP contribution in [0.2, 0.25) is 0 Å². The van der Waals surface area contributed by atoms with Gasteiger partial charge in [-0.1, -0.05) is 6.07 Å². The normalized spacial score (nSPS) is 15.6. The molecule has 1 heterocycles. The third kappa shape index (κ3) is 5.78. The van der Waals surface area contributed by atoms with E-state index in [0.29, 0.717) is 57.1 Å². The first kappa shape index (κ1) is 22.8. The molecule has 0 radical (unpaired) electrons. The molecular formula is C22H35N3O4. The van der Waals surface area contributed by atoms with Crippen molar-refractivity contribution >= 4 is 11.9 Å². The van der Waals surface area contributed by atoms with Crippen molar-refractivity contribution < 1.29 is 19.1 Å². The van der Waals surface area contributed by atoms with E-state index < -0.39 is 0 Å². The largest absolute Gasteiger partial charge is 0.493 e. The van der Waals surface area contributed by atoms with Gasteiger partial charge in [-0.15, -0.1) is 0 Å². The summed E-state index contributed by atoms with van der Waals surface area (Å²) in [4.78, 5) is 28.9. The number of amides is 3. The van der Waals surface area contributed by atoms with Crippen LogP contribution in [0.5, 0.6) is 11.5 Å². The predicted molar refractivity (Wildman–Crippen MR) is 113 cm³/mol. The molecular weight excluding hydrogens is 370 g/mol. The second-order valence-corrected chi connectivity index (χ2v) is 7.29. The van der Waals surface area contributed by atoms with Gasteiger partial charge in [-0.05, 0) is 58.2 Å². The average Bonchev–Trinajstić information content (AvgIpc) is 2.75. The van der Waals surface area contributed by atoms with Gasteiger partial charge in [0, 0.05) is 32.1 Å². The summed E-state index contributed by atoms with van der Waals surface area (Å²) in [7, 11) is 1.61. The summed E-state index contributed by atoms with van der Waals surface area (Å²) >= 11 is 0. The Kier molecular flexibility index (Phi) is 8.61. The monoisotopic (exact) mass is 405 g/mol. The number of benzene rings is 1. The fourth-order valence-electron chi connectivity index (χ4n) is 3.67. The van der Waals surface area contributed by atoms with Crippen molar-refractivity contribution in [2.24, 2.45) is 5.92 Å². The van der Waals surface area contributed by atoms with Crippen molar-refractivity contribution in [3.63, 3.8) is 0 Å². The van der Waals surface area contributed by atoms with Crippen LogP contribution in [0.4, 0.5) is 4.79 Å². The lowest BCUT2D eigenvalue weighted by Crippen LogP contribution is -2.48.